The van der Waals surface area contributed by atoms with Crippen molar-refractivity contribution in [2.45, 2.75) is 6.92 Å². The normalized spacial score (nSPS) is 11.5. The van der Waals surface area contributed by atoms with Crippen molar-refractivity contribution in [2.24, 2.45) is 0 Å². The fourth-order valence-corrected chi connectivity index (χ4v) is 2.62. The molecule has 5 nitrogen and oxygen atoms in total. The molecule has 0 bridgehead atoms. The Hall–Kier alpha value is -2.05. The van der Waals surface area contributed by atoms with Crippen LogP contribution in [0, 0.1) is 6.92 Å². The number of pyridine rings is 1. The topological polar surface area (TPSA) is 60.2 Å². The van der Waals surface area contributed by atoms with Gasteiger partial charge < -0.3 is 0 Å². The second-order valence-electron chi connectivity index (χ2n) is 4.05. The highest BCUT2D eigenvalue weighted by atomic mass is 35.5. The molecule has 100 valence electrons. The lowest BCUT2D eigenvalue weighted by molar-refractivity contribution is 0.879. The van der Waals surface area contributed by atoms with Gasteiger partial charge in [0.15, 0.2) is 0 Å². The summed E-state index contributed by atoms with van der Waals surface area (Å²) in [4.78, 5) is 21.0. The second-order valence-corrected chi connectivity index (χ2v) is 5.59. The Kier molecular flexibility index (Phi) is 3.33. The van der Waals surface area contributed by atoms with Crippen LogP contribution in [0.3, 0.4) is 0 Å². The van der Waals surface area contributed by atoms with Crippen LogP contribution in [-0.4, -0.2) is 19.6 Å². The quantitative estimate of drug-likeness (QED) is 0.730. The third-order valence-corrected chi connectivity index (χ3v) is 3.78. The van der Waals surface area contributed by atoms with E-state index >= 15 is 0 Å². The molecule has 7 heteroatoms. The lowest BCUT2D eigenvalue weighted by atomic mass is 10.2. The molecule has 0 aliphatic carbocycles. The van der Waals surface area contributed by atoms with Gasteiger partial charge in [-0.15, -0.1) is 0 Å². The van der Waals surface area contributed by atoms with Crippen molar-refractivity contribution in [3.8, 4) is 0 Å². The van der Waals surface area contributed by atoms with Gasteiger partial charge in [-0.25, -0.2) is 4.98 Å². The minimum Gasteiger partial charge on any atom is -0.266 e. The molecule has 0 saturated heterocycles. The summed E-state index contributed by atoms with van der Waals surface area (Å²) in [5.74, 6) is 0. The molecule has 0 N–H and O–H groups in total. The first-order chi connectivity index (χ1) is 9.65. The fourth-order valence-electron chi connectivity index (χ4n) is 1.70. The van der Waals surface area contributed by atoms with Crippen LogP contribution in [0.25, 0.3) is 17.1 Å². The molecule has 0 aromatic carbocycles. The first kappa shape index (κ1) is 13.0. The van der Waals surface area contributed by atoms with E-state index in [2.05, 4.69) is 15.1 Å². The lowest BCUT2D eigenvalue weighted by Crippen LogP contribution is -2.16. The summed E-state index contributed by atoms with van der Waals surface area (Å²) >= 11 is 7.40. The van der Waals surface area contributed by atoms with Gasteiger partial charge in [0.25, 0.3) is 5.56 Å². The van der Waals surface area contributed by atoms with E-state index in [0.717, 1.165) is 10.6 Å². The Morgan fingerprint density at radius 1 is 1.40 bits per heavy atom. The standard InChI is InChI=1S/C13H9ClN4OS/c1-8-17-18-12(19)11(14)10(16-13(18)20-8)5-4-9-3-2-6-15-7-9/h2-7H,1H3/b5-4+. The largest absolute Gasteiger partial charge is 0.294 e. The molecule has 0 radical (unpaired) electrons. The van der Waals surface area contributed by atoms with Crippen molar-refractivity contribution in [2.75, 3.05) is 0 Å². The minimum absolute atomic E-state index is 0.0629. The van der Waals surface area contributed by atoms with Gasteiger partial charge in [-0.05, 0) is 24.6 Å². The monoisotopic (exact) mass is 304 g/mol. The Labute approximate surface area is 123 Å². The molecule has 0 saturated carbocycles. The first-order valence-corrected chi connectivity index (χ1v) is 6.98. The van der Waals surface area contributed by atoms with E-state index < -0.39 is 0 Å². The highest BCUT2D eigenvalue weighted by molar-refractivity contribution is 7.16. The maximum absolute atomic E-state index is 12.1. The van der Waals surface area contributed by atoms with Crippen LogP contribution in [0.2, 0.25) is 5.02 Å². The number of fused-ring (bicyclic) bond motifs is 1. The van der Waals surface area contributed by atoms with Crippen molar-refractivity contribution < 1.29 is 0 Å². The van der Waals surface area contributed by atoms with E-state index in [4.69, 9.17) is 11.6 Å². The molecule has 20 heavy (non-hydrogen) atoms. The van der Waals surface area contributed by atoms with E-state index in [-0.39, 0.29) is 10.6 Å². The van der Waals surface area contributed by atoms with Crippen molar-refractivity contribution >= 4 is 40.1 Å². The summed E-state index contributed by atoms with van der Waals surface area (Å²) in [6, 6.07) is 3.74. The molecule has 0 atom stereocenters. The van der Waals surface area contributed by atoms with Crippen molar-refractivity contribution in [3.63, 3.8) is 0 Å². The molecule has 0 unspecified atom stereocenters. The summed E-state index contributed by atoms with van der Waals surface area (Å²) in [5.41, 5.74) is 0.988. The van der Waals surface area contributed by atoms with Gasteiger partial charge in [-0.3, -0.25) is 9.78 Å². The lowest BCUT2D eigenvalue weighted by Gasteiger charge is -1.97. The average Bonchev–Trinajstić information content (AvgIpc) is 2.83. The third-order valence-electron chi connectivity index (χ3n) is 2.60. The molecule has 0 spiro atoms. The van der Waals surface area contributed by atoms with Gasteiger partial charge in [0.2, 0.25) is 4.96 Å². The Morgan fingerprint density at radius 2 is 2.25 bits per heavy atom. The van der Waals surface area contributed by atoms with E-state index in [9.17, 15) is 4.79 Å². The van der Waals surface area contributed by atoms with Crippen molar-refractivity contribution in [3.05, 3.63) is 56.2 Å². The maximum atomic E-state index is 12.1. The van der Waals surface area contributed by atoms with Crippen molar-refractivity contribution in [1.29, 1.82) is 0 Å². The van der Waals surface area contributed by atoms with Crippen LogP contribution in [0.1, 0.15) is 16.3 Å². The first-order valence-electron chi connectivity index (χ1n) is 5.79. The van der Waals surface area contributed by atoms with Crippen LogP contribution in [0.15, 0.2) is 29.3 Å². The molecule has 3 rings (SSSR count). The molecule has 0 amide bonds. The van der Waals surface area contributed by atoms with Gasteiger partial charge >= 0.3 is 0 Å². The van der Waals surface area contributed by atoms with Crippen molar-refractivity contribution in [1.82, 2.24) is 19.6 Å². The summed E-state index contributed by atoms with van der Waals surface area (Å²) < 4.78 is 1.23. The molecule has 0 aliphatic rings. The van der Waals surface area contributed by atoms with Gasteiger partial charge in [0.1, 0.15) is 10.0 Å². The van der Waals surface area contributed by atoms with Crippen LogP contribution in [-0.2, 0) is 0 Å². The Bertz CT molecular complexity index is 854. The number of aromatic nitrogens is 4. The SMILES string of the molecule is Cc1nn2c(=O)c(Cl)c(/C=C/c3cccnc3)nc2s1. The molecular weight excluding hydrogens is 296 g/mol. The van der Waals surface area contributed by atoms with Gasteiger partial charge in [0.05, 0.1) is 5.69 Å². The average molecular weight is 305 g/mol. The van der Waals surface area contributed by atoms with Gasteiger partial charge in [-0.1, -0.05) is 35.1 Å². The predicted octanol–water partition coefficient (Wildman–Crippen LogP) is 2.68. The zero-order valence-corrected chi connectivity index (χ0v) is 12.0. The second kappa shape index (κ2) is 5.15. The molecule has 3 heterocycles. The van der Waals surface area contributed by atoms with Crippen LogP contribution >= 0.6 is 22.9 Å². The van der Waals surface area contributed by atoms with Gasteiger partial charge in [0, 0.05) is 12.4 Å². The zero-order chi connectivity index (χ0) is 14.1. The smallest absolute Gasteiger partial charge is 0.266 e. The van der Waals surface area contributed by atoms with Crippen LogP contribution < -0.4 is 5.56 Å². The Balaban J connectivity index is 2.10. The number of rotatable bonds is 2. The molecule has 3 aromatic heterocycles. The summed E-state index contributed by atoms with van der Waals surface area (Å²) in [5, 5.41) is 4.90. The summed E-state index contributed by atoms with van der Waals surface area (Å²) in [7, 11) is 0. The number of nitrogens with zero attached hydrogens (tertiary/aromatic N) is 4. The predicted molar refractivity (Wildman–Crippen MR) is 80.0 cm³/mol. The molecule has 0 fully saturated rings. The minimum atomic E-state index is -0.355. The Morgan fingerprint density at radius 3 is 3.00 bits per heavy atom. The van der Waals surface area contributed by atoms with E-state index in [1.807, 2.05) is 25.1 Å². The number of hydrogen-bond acceptors (Lipinski definition) is 5. The summed E-state index contributed by atoms with van der Waals surface area (Å²) in [6.07, 6.45) is 6.93. The zero-order valence-electron chi connectivity index (χ0n) is 10.4. The third kappa shape index (κ3) is 2.35. The van der Waals surface area contributed by atoms with E-state index in [0.29, 0.717) is 10.7 Å². The fraction of sp³-hybridized carbons (Fsp3) is 0.0769. The maximum Gasteiger partial charge on any atom is 0.294 e. The van der Waals surface area contributed by atoms with Crippen LogP contribution in [0.4, 0.5) is 0 Å². The summed E-state index contributed by atoms with van der Waals surface area (Å²) in [6.45, 7) is 1.82. The van der Waals surface area contributed by atoms with E-state index in [1.54, 1.807) is 18.5 Å². The molecule has 0 aliphatic heterocycles. The molecular formula is C13H9ClN4OS. The highest BCUT2D eigenvalue weighted by Crippen LogP contribution is 2.17. The molecule has 3 aromatic rings. The number of hydrogen-bond donors (Lipinski definition) is 0. The highest BCUT2D eigenvalue weighted by Gasteiger charge is 2.11. The number of halogens is 1. The van der Waals surface area contributed by atoms with Crippen LogP contribution in [0.5, 0.6) is 0 Å². The number of aryl methyl sites for hydroxylation is 1. The van der Waals surface area contributed by atoms with E-state index in [1.165, 1.54) is 15.9 Å². The van der Waals surface area contributed by atoms with Gasteiger partial charge in [-0.2, -0.15) is 9.61 Å².